The summed E-state index contributed by atoms with van der Waals surface area (Å²) in [5, 5.41) is 0. The van der Waals surface area contributed by atoms with Gasteiger partial charge in [0.25, 0.3) is 0 Å². The molecule has 4 heteroatoms. The first-order chi connectivity index (χ1) is 8.15. The van der Waals surface area contributed by atoms with Gasteiger partial charge in [0.2, 0.25) is 0 Å². The standard InChI is InChI=1S/C13H24O4/c1-4-7-8-9-11(13(15)17-6-3)10-12(14)16-5-2/h11H,4-10H2,1-3H3. The summed E-state index contributed by atoms with van der Waals surface area (Å²) in [5.74, 6) is -0.945. The highest BCUT2D eigenvalue weighted by atomic mass is 16.5. The SMILES string of the molecule is CCCCCC(CC(=O)OCC)C(=O)OCC. The van der Waals surface area contributed by atoms with Gasteiger partial charge in [-0.15, -0.1) is 0 Å². The molecule has 0 bridgehead atoms. The van der Waals surface area contributed by atoms with Gasteiger partial charge in [-0.1, -0.05) is 26.2 Å². The molecule has 0 aromatic carbocycles. The molecule has 0 rings (SSSR count). The van der Waals surface area contributed by atoms with E-state index in [4.69, 9.17) is 9.47 Å². The van der Waals surface area contributed by atoms with Crippen molar-refractivity contribution < 1.29 is 19.1 Å². The second-order valence-corrected chi connectivity index (χ2v) is 3.95. The minimum Gasteiger partial charge on any atom is -0.466 e. The van der Waals surface area contributed by atoms with Crippen molar-refractivity contribution in [3.63, 3.8) is 0 Å². The van der Waals surface area contributed by atoms with Crippen LogP contribution in [0.25, 0.3) is 0 Å². The largest absolute Gasteiger partial charge is 0.466 e. The molecule has 0 aromatic rings. The average Bonchev–Trinajstić information content (AvgIpc) is 2.28. The van der Waals surface area contributed by atoms with E-state index in [1.54, 1.807) is 13.8 Å². The summed E-state index contributed by atoms with van der Waals surface area (Å²) < 4.78 is 9.83. The van der Waals surface area contributed by atoms with Crippen LogP contribution in [-0.2, 0) is 19.1 Å². The lowest BCUT2D eigenvalue weighted by Gasteiger charge is -2.14. The smallest absolute Gasteiger partial charge is 0.309 e. The van der Waals surface area contributed by atoms with E-state index in [2.05, 4.69) is 6.92 Å². The van der Waals surface area contributed by atoms with Gasteiger partial charge in [0.05, 0.1) is 25.6 Å². The van der Waals surface area contributed by atoms with Crippen molar-refractivity contribution in [2.75, 3.05) is 13.2 Å². The Morgan fingerprint density at radius 1 is 1.00 bits per heavy atom. The molecular weight excluding hydrogens is 220 g/mol. The van der Waals surface area contributed by atoms with Crippen molar-refractivity contribution in [2.45, 2.75) is 52.9 Å². The Hall–Kier alpha value is -1.06. The Kier molecular flexibility index (Phi) is 9.49. The number of unbranched alkanes of at least 4 members (excludes halogenated alkanes) is 2. The zero-order valence-electron chi connectivity index (χ0n) is 11.2. The number of carbonyl (C=O) groups excluding carboxylic acids is 2. The van der Waals surface area contributed by atoms with Gasteiger partial charge in [0.15, 0.2) is 0 Å². The van der Waals surface area contributed by atoms with E-state index >= 15 is 0 Å². The first kappa shape index (κ1) is 15.9. The molecule has 0 amide bonds. The highest BCUT2D eigenvalue weighted by molar-refractivity contribution is 5.79. The van der Waals surface area contributed by atoms with Crippen LogP contribution in [0.5, 0.6) is 0 Å². The average molecular weight is 244 g/mol. The molecule has 0 saturated heterocycles. The molecule has 0 heterocycles. The third kappa shape index (κ3) is 7.77. The van der Waals surface area contributed by atoms with Gasteiger partial charge in [-0.3, -0.25) is 9.59 Å². The maximum absolute atomic E-state index is 11.6. The summed E-state index contributed by atoms with van der Waals surface area (Å²) in [6.45, 7) is 6.33. The maximum Gasteiger partial charge on any atom is 0.309 e. The first-order valence-electron chi connectivity index (χ1n) is 6.47. The van der Waals surface area contributed by atoms with E-state index in [-0.39, 0.29) is 24.3 Å². The number of hydrogen-bond acceptors (Lipinski definition) is 4. The third-order valence-electron chi connectivity index (χ3n) is 2.49. The lowest BCUT2D eigenvalue weighted by Crippen LogP contribution is -2.22. The fourth-order valence-corrected chi connectivity index (χ4v) is 1.63. The Morgan fingerprint density at radius 2 is 1.65 bits per heavy atom. The summed E-state index contributed by atoms with van der Waals surface area (Å²) in [7, 11) is 0. The first-order valence-corrected chi connectivity index (χ1v) is 6.47. The molecule has 4 nitrogen and oxygen atoms in total. The van der Waals surface area contributed by atoms with Crippen molar-refractivity contribution >= 4 is 11.9 Å². The number of rotatable bonds is 9. The molecule has 0 spiro atoms. The Morgan fingerprint density at radius 3 is 2.18 bits per heavy atom. The van der Waals surface area contributed by atoms with E-state index in [0.29, 0.717) is 19.6 Å². The molecule has 0 aliphatic carbocycles. The van der Waals surface area contributed by atoms with Gasteiger partial charge in [0.1, 0.15) is 0 Å². The van der Waals surface area contributed by atoms with E-state index in [1.165, 1.54) is 0 Å². The summed E-state index contributed by atoms with van der Waals surface area (Å²) in [5.41, 5.74) is 0. The minimum absolute atomic E-state index is 0.135. The van der Waals surface area contributed by atoms with E-state index in [0.717, 1.165) is 19.3 Å². The van der Waals surface area contributed by atoms with Crippen LogP contribution in [0.3, 0.4) is 0 Å². The van der Waals surface area contributed by atoms with Crippen LogP contribution in [0.4, 0.5) is 0 Å². The van der Waals surface area contributed by atoms with Crippen molar-refractivity contribution in [3.05, 3.63) is 0 Å². The van der Waals surface area contributed by atoms with Gasteiger partial charge in [-0.25, -0.2) is 0 Å². The van der Waals surface area contributed by atoms with Crippen molar-refractivity contribution in [1.29, 1.82) is 0 Å². The normalized spacial score (nSPS) is 11.9. The van der Waals surface area contributed by atoms with Crippen LogP contribution in [0.15, 0.2) is 0 Å². The summed E-state index contributed by atoms with van der Waals surface area (Å²) >= 11 is 0. The summed E-state index contributed by atoms with van der Waals surface area (Å²) in [4.78, 5) is 23.0. The topological polar surface area (TPSA) is 52.6 Å². The number of carbonyl (C=O) groups is 2. The fraction of sp³-hybridized carbons (Fsp3) is 0.846. The Labute approximate surface area is 104 Å². The molecule has 1 atom stereocenters. The zero-order chi connectivity index (χ0) is 13.1. The molecule has 0 aliphatic heterocycles. The molecule has 0 radical (unpaired) electrons. The number of hydrogen-bond donors (Lipinski definition) is 0. The minimum atomic E-state index is -0.347. The molecule has 0 N–H and O–H groups in total. The van der Waals surface area contributed by atoms with Crippen LogP contribution < -0.4 is 0 Å². The van der Waals surface area contributed by atoms with Gasteiger partial charge >= 0.3 is 11.9 Å². The predicted octanol–water partition coefficient (Wildman–Crippen LogP) is 2.70. The number of esters is 2. The maximum atomic E-state index is 11.6. The van der Waals surface area contributed by atoms with Gasteiger partial charge in [-0.05, 0) is 20.3 Å². The quantitative estimate of drug-likeness (QED) is 0.462. The van der Waals surface area contributed by atoms with Crippen LogP contribution in [0.2, 0.25) is 0 Å². The van der Waals surface area contributed by atoms with Crippen molar-refractivity contribution in [2.24, 2.45) is 5.92 Å². The van der Waals surface area contributed by atoms with Crippen LogP contribution in [0, 0.1) is 5.92 Å². The summed E-state index contributed by atoms with van der Waals surface area (Å²) in [6, 6.07) is 0. The Bertz CT molecular complexity index is 225. The molecular formula is C13H24O4. The van der Waals surface area contributed by atoms with Crippen LogP contribution in [0.1, 0.15) is 52.9 Å². The predicted molar refractivity (Wildman–Crippen MR) is 65.5 cm³/mol. The van der Waals surface area contributed by atoms with E-state index in [9.17, 15) is 9.59 Å². The summed E-state index contributed by atoms with van der Waals surface area (Å²) in [6.07, 6.45) is 3.94. The molecule has 0 aliphatic rings. The fourth-order valence-electron chi connectivity index (χ4n) is 1.63. The van der Waals surface area contributed by atoms with Crippen LogP contribution in [-0.4, -0.2) is 25.2 Å². The monoisotopic (exact) mass is 244 g/mol. The molecule has 0 saturated carbocycles. The van der Waals surface area contributed by atoms with E-state index in [1.807, 2.05) is 0 Å². The van der Waals surface area contributed by atoms with Gasteiger partial charge in [0, 0.05) is 0 Å². The van der Waals surface area contributed by atoms with E-state index < -0.39 is 0 Å². The number of ether oxygens (including phenoxy) is 2. The lowest BCUT2D eigenvalue weighted by atomic mass is 9.98. The molecule has 0 aromatic heterocycles. The third-order valence-corrected chi connectivity index (χ3v) is 2.49. The highest BCUT2D eigenvalue weighted by Gasteiger charge is 2.23. The van der Waals surface area contributed by atoms with Gasteiger partial charge < -0.3 is 9.47 Å². The van der Waals surface area contributed by atoms with Gasteiger partial charge in [-0.2, -0.15) is 0 Å². The Balaban J connectivity index is 4.18. The second-order valence-electron chi connectivity index (χ2n) is 3.95. The van der Waals surface area contributed by atoms with Crippen LogP contribution >= 0.6 is 0 Å². The molecule has 17 heavy (non-hydrogen) atoms. The molecule has 1 unspecified atom stereocenters. The lowest BCUT2D eigenvalue weighted by molar-refractivity contribution is -0.155. The molecule has 0 fully saturated rings. The molecule has 100 valence electrons. The van der Waals surface area contributed by atoms with Crippen molar-refractivity contribution in [1.82, 2.24) is 0 Å². The zero-order valence-corrected chi connectivity index (χ0v) is 11.2. The second kappa shape index (κ2) is 10.1. The van der Waals surface area contributed by atoms with Crippen molar-refractivity contribution in [3.8, 4) is 0 Å². The highest BCUT2D eigenvalue weighted by Crippen LogP contribution is 2.16.